The number of nitrogens with one attached hydrogen (secondary N) is 1. The SMILES string of the molecule is CC1(CNCC(O)CN2CCCC2)CC1. The highest BCUT2D eigenvalue weighted by Crippen LogP contribution is 2.43. The molecule has 0 radical (unpaired) electrons. The van der Waals surface area contributed by atoms with E-state index in [0.29, 0.717) is 5.41 Å². The summed E-state index contributed by atoms with van der Waals surface area (Å²) in [5, 5.41) is 13.2. The molecule has 1 saturated heterocycles. The van der Waals surface area contributed by atoms with Crippen LogP contribution >= 0.6 is 0 Å². The third kappa shape index (κ3) is 3.74. The fourth-order valence-corrected chi connectivity index (χ4v) is 2.26. The molecule has 3 heteroatoms. The number of likely N-dealkylation sites (tertiary alicyclic amines) is 1. The lowest BCUT2D eigenvalue weighted by atomic mass is 10.1. The van der Waals surface area contributed by atoms with Gasteiger partial charge in [-0.25, -0.2) is 0 Å². The van der Waals surface area contributed by atoms with Gasteiger partial charge in [0, 0.05) is 19.6 Å². The fraction of sp³-hybridized carbons (Fsp3) is 1.00. The monoisotopic (exact) mass is 212 g/mol. The number of nitrogens with zero attached hydrogens (tertiary/aromatic N) is 1. The van der Waals surface area contributed by atoms with E-state index in [2.05, 4.69) is 17.1 Å². The predicted molar refractivity (Wildman–Crippen MR) is 61.9 cm³/mol. The Balaban J connectivity index is 1.53. The maximum atomic E-state index is 9.82. The minimum Gasteiger partial charge on any atom is -0.390 e. The molecule has 0 amide bonds. The Morgan fingerprint density at radius 2 is 2.00 bits per heavy atom. The molecule has 88 valence electrons. The van der Waals surface area contributed by atoms with Crippen molar-refractivity contribution in [2.75, 3.05) is 32.7 Å². The molecule has 1 saturated carbocycles. The van der Waals surface area contributed by atoms with E-state index in [1.165, 1.54) is 38.8 Å². The van der Waals surface area contributed by atoms with Crippen molar-refractivity contribution in [2.45, 2.75) is 38.7 Å². The predicted octanol–water partition coefficient (Wildman–Crippen LogP) is 0.833. The maximum Gasteiger partial charge on any atom is 0.0791 e. The Morgan fingerprint density at radius 1 is 1.33 bits per heavy atom. The molecule has 0 bridgehead atoms. The lowest BCUT2D eigenvalue weighted by Crippen LogP contribution is -2.38. The summed E-state index contributed by atoms with van der Waals surface area (Å²) in [6.45, 7) is 7.34. The molecule has 1 aliphatic carbocycles. The van der Waals surface area contributed by atoms with Crippen LogP contribution in [0.1, 0.15) is 32.6 Å². The smallest absolute Gasteiger partial charge is 0.0791 e. The van der Waals surface area contributed by atoms with Crippen LogP contribution in [0.3, 0.4) is 0 Å². The fourth-order valence-electron chi connectivity index (χ4n) is 2.26. The van der Waals surface area contributed by atoms with Crippen LogP contribution in [0.5, 0.6) is 0 Å². The molecule has 2 aliphatic rings. The summed E-state index contributed by atoms with van der Waals surface area (Å²) in [4.78, 5) is 2.37. The van der Waals surface area contributed by atoms with Crippen LogP contribution in [0.4, 0.5) is 0 Å². The molecule has 2 N–H and O–H groups in total. The number of aliphatic hydroxyl groups excluding tert-OH is 1. The van der Waals surface area contributed by atoms with Gasteiger partial charge in [-0.3, -0.25) is 0 Å². The van der Waals surface area contributed by atoms with Crippen LogP contribution in [0.15, 0.2) is 0 Å². The molecule has 1 heterocycles. The minimum atomic E-state index is -0.189. The highest BCUT2D eigenvalue weighted by molar-refractivity contribution is 4.90. The van der Waals surface area contributed by atoms with Gasteiger partial charge in [0.15, 0.2) is 0 Å². The van der Waals surface area contributed by atoms with Gasteiger partial charge in [0.25, 0.3) is 0 Å². The Bertz CT molecular complexity index is 198. The van der Waals surface area contributed by atoms with E-state index in [1.54, 1.807) is 0 Å². The molecule has 1 atom stereocenters. The highest BCUT2D eigenvalue weighted by Gasteiger charge is 2.36. The summed E-state index contributed by atoms with van der Waals surface area (Å²) in [6.07, 6.45) is 5.12. The number of rotatable bonds is 6. The molecule has 1 unspecified atom stereocenters. The number of hydrogen-bond acceptors (Lipinski definition) is 3. The number of hydrogen-bond donors (Lipinski definition) is 2. The van der Waals surface area contributed by atoms with Crippen LogP contribution < -0.4 is 5.32 Å². The average molecular weight is 212 g/mol. The van der Waals surface area contributed by atoms with Gasteiger partial charge >= 0.3 is 0 Å². The summed E-state index contributed by atoms with van der Waals surface area (Å²) in [5.41, 5.74) is 0.549. The van der Waals surface area contributed by atoms with E-state index in [4.69, 9.17) is 0 Å². The zero-order valence-electron chi connectivity index (χ0n) is 9.84. The first-order valence-corrected chi connectivity index (χ1v) is 6.29. The van der Waals surface area contributed by atoms with Gasteiger partial charge in [-0.15, -0.1) is 0 Å². The molecule has 0 aromatic carbocycles. The van der Waals surface area contributed by atoms with Crippen molar-refractivity contribution in [1.82, 2.24) is 10.2 Å². The summed E-state index contributed by atoms with van der Waals surface area (Å²) < 4.78 is 0. The molecule has 15 heavy (non-hydrogen) atoms. The molecule has 1 aliphatic heterocycles. The lowest BCUT2D eigenvalue weighted by Gasteiger charge is -2.20. The van der Waals surface area contributed by atoms with E-state index in [-0.39, 0.29) is 6.10 Å². The van der Waals surface area contributed by atoms with Crippen molar-refractivity contribution in [3.63, 3.8) is 0 Å². The molecule has 2 rings (SSSR count). The van der Waals surface area contributed by atoms with E-state index < -0.39 is 0 Å². The van der Waals surface area contributed by atoms with E-state index >= 15 is 0 Å². The summed E-state index contributed by atoms with van der Waals surface area (Å²) in [5.74, 6) is 0. The molecule has 3 nitrogen and oxygen atoms in total. The van der Waals surface area contributed by atoms with Crippen LogP contribution in [0.2, 0.25) is 0 Å². The number of aliphatic hydroxyl groups is 1. The third-order valence-electron chi connectivity index (χ3n) is 3.70. The molecular weight excluding hydrogens is 188 g/mol. The van der Waals surface area contributed by atoms with Crippen LogP contribution in [0.25, 0.3) is 0 Å². The van der Waals surface area contributed by atoms with Gasteiger partial charge in [0.05, 0.1) is 6.10 Å². The largest absolute Gasteiger partial charge is 0.390 e. The van der Waals surface area contributed by atoms with Crippen molar-refractivity contribution in [3.05, 3.63) is 0 Å². The van der Waals surface area contributed by atoms with Crippen molar-refractivity contribution in [1.29, 1.82) is 0 Å². The van der Waals surface area contributed by atoms with Crippen LogP contribution in [0, 0.1) is 5.41 Å². The standard InChI is InChI=1S/C12H24N2O/c1-12(4-5-12)10-13-8-11(15)9-14-6-2-3-7-14/h11,13,15H,2-10H2,1H3. The first-order valence-electron chi connectivity index (χ1n) is 6.29. The van der Waals surface area contributed by atoms with E-state index in [1.807, 2.05) is 0 Å². The molecular formula is C12H24N2O. The Hall–Kier alpha value is -0.120. The van der Waals surface area contributed by atoms with Crippen molar-refractivity contribution >= 4 is 0 Å². The topological polar surface area (TPSA) is 35.5 Å². The Labute approximate surface area is 92.8 Å². The number of β-amino-alcohol motifs (C(OH)–C–C–N with tert-alkyl or cyclic N) is 1. The van der Waals surface area contributed by atoms with Gasteiger partial charge in [0.1, 0.15) is 0 Å². The highest BCUT2D eigenvalue weighted by atomic mass is 16.3. The normalized spacial score (nSPS) is 26.8. The summed E-state index contributed by atoms with van der Waals surface area (Å²) in [7, 11) is 0. The molecule has 0 aromatic heterocycles. The molecule has 0 aromatic rings. The lowest BCUT2D eigenvalue weighted by molar-refractivity contribution is 0.122. The third-order valence-corrected chi connectivity index (χ3v) is 3.70. The Kier molecular flexibility index (Phi) is 3.65. The first kappa shape index (κ1) is 11.4. The second-order valence-electron chi connectivity index (χ2n) is 5.60. The van der Waals surface area contributed by atoms with Gasteiger partial charge < -0.3 is 15.3 Å². The first-order chi connectivity index (χ1) is 7.18. The van der Waals surface area contributed by atoms with Crippen LogP contribution in [-0.4, -0.2) is 48.8 Å². The summed E-state index contributed by atoms with van der Waals surface area (Å²) >= 11 is 0. The van der Waals surface area contributed by atoms with E-state index in [9.17, 15) is 5.11 Å². The van der Waals surface area contributed by atoms with Crippen molar-refractivity contribution in [3.8, 4) is 0 Å². The van der Waals surface area contributed by atoms with Gasteiger partial charge in [-0.2, -0.15) is 0 Å². The quantitative estimate of drug-likeness (QED) is 0.684. The zero-order chi connectivity index (χ0) is 10.7. The molecule has 0 spiro atoms. The zero-order valence-corrected chi connectivity index (χ0v) is 9.84. The van der Waals surface area contributed by atoms with Gasteiger partial charge in [0.2, 0.25) is 0 Å². The van der Waals surface area contributed by atoms with Crippen LogP contribution in [-0.2, 0) is 0 Å². The average Bonchev–Trinajstić information content (AvgIpc) is 2.73. The van der Waals surface area contributed by atoms with E-state index in [0.717, 1.165) is 19.6 Å². The van der Waals surface area contributed by atoms with Crippen molar-refractivity contribution in [2.24, 2.45) is 5.41 Å². The summed E-state index contributed by atoms with van der Waals surface area (Å²) in [6, 6.07) is 0. The molecule has 2 fully saturated rings. The minimum absolute atomic E-state index is 0.189. The maximum absolute atomic E-state index is 9.82. The Morgan fingerprint density at radius 3 is 2.60 bits per heavy atom. The second-order valence-corrected chi connectivity index (χ2v) is 5.60. The second kappa shape index (κ2) is 4.81. The van der Waals surface area contributed by atoms with Gasteiger partial charge in [-0.1, -0.05) is 6.92 Å². The van der Waals surface area contributed by atoms with Gasteiger partial charge in [-0.05, 0) is 44.2 Å². The van der Waals surface area contributed by atoms with Crippen molar-refractivity contribution < 1.29 is 5.11 Å².